The fourth-order valence-corrected chi connectivity index (χ4v) is 2.76. The summed E-state index contributed by atoms with van der Waals surface area (Å²) in [6.45, 7) is 2.14. The molecular weight excluding hydrogens is 288 g/mol. The van der Waals surface area contributed by atoms with Crippen LogP contribution >= 0.6 is 0 Å². The minimum atomic E-state index is -0.182. The third-order valence-corrected chi connectivity index (χ3v) is 4.10. The molecule has 0 spiro atoms. The number of esters is 1. The van der Waals surface area contributed by atoms with Crippen molar-refractivity contribution < 1.29 is 9.53 Å². The largest absolute Gasteiger partial charge is 0.469 e. The summed E-state index contributed by atoms with van der Waals surface area (Å²) in [4.78, 5) is 19.0. The maximum Gasteiger partial charge on any atom is 0.305 e. The number of methoxy groups -OCH3 is 1. The molecule has 3 rings (SSSR count). The molecule has 4 heteroatoms. The van der Waals surface area contributed by atoms with E-state index in [0.717, 1.165) is 28.8 Å². The minimum Gasteiger partial charge on any atom is -0.469 e. The highest BCUT2D eigenvalue weighted by molar-refractivity contribution is 5.84. The van der Waals surface area contributed by atoms with Crippen molar-refractivity contribution in [3.05, 3.63) is 53.9 Å². The zero-order chi connectivity index (χ0) is 16.2. The van der Waals surface area contributed by atoms with Crippen LogP contribution in [0.2, 0.25) is 0 Å². The van der Waals surface area contributed by atoms with Crippen molar-refractivity contribution in [1.29, 1.82) is 0 Å². The highest BCUT2D eigenvalue weighted by Crippen LogP contribution is 2.26. The molecule has 0 fully saturated rings. The van der Waals surface area contributed by atoms with Gasteiger partial charge in [-0.25, -0.2) is 4.98 Å². The fraction of sp³-hybridized carbons (Fsp3) is 0.263. The molecular formula is C19H20N2O2. The van der Waals surface area contributed by atoms with Gasteiger partial charge in [-0.3, -0.25) is 4.79 Å². The molecule has 1 N–H and O–H groups in total. The minimum absolute atomic E-state index is 0.182. The Kier molecular flexibility index (Phi) is 4.42. The number of aryl methyl sites for hydroxylation is 2. The van der Waals surface area contributed by atoms with Crippen LogP contribution in [0.5, 0.6) is 0 Å². The van der Waals surface area contributed by atoms with Crippen LogP contribution in [0.4, 0.5) is 0 Å². The Morgan fingerprint density at radius 3 is 2.91 bits per heavy atom. The first-order valence-corrected chi connectivity index (χ1v) is 7.83. The molecule has 118 valence electrons. The number of hydrogen-bond donors (Lipinski definition) is 1. The average Bonchev–Trinajstić information content (AvgIpc) is 3.02. The molecule has 0 aliphatic carbocycles. The topological polar surface area (TPSA) is 55.0 Å². The molecule has 4 nitrogen and oxygen atoms in total. The number of fused-ring (bicyclic) bond motifs is 1. The van der Waals surface area contributed by atoms with E-state index in [-0.39, 0.29) is 5.97 Å². The first-order chi connectivity index (χ1) is 11.2. The molecule has 0 aliphatic rings. The molecule has 0 bridgehead atoms. The number of nitrogens with zero attached hydrogens (tertiary/aromatic N) is 1. The first-order valence-electron chi connectivity index (χ1n) is 7.83. The van der Waals surface area contributed by atoms with Crippen LogP contribution in [0, 0.1) is 0 Å². The smallest absolute Gasteiger partial charge is 0.305 e. The van der Waals surface area contributed by atoms with Gasteiger partial charge in [0.1, 0.15) is 5.65 Å². The van der Waals surface area contributed by atoms with E-state index in [1.54, 1.807) is 0 Å². The summed E-state index contributed by atoms with van der Waals surface area (Å²) in [7, 11) is 1.42. The maximum atomic E-state index is 11.3. The Labute approximate surface area is 135 Å². The van der Waals surface area contributed by atoms with E-state index in [4.69, 9.17) is 4.74 Å². The molecule has 1 aromatic carbocycles. The van der Waals surface area contributed by atoms with Gasteiger partial charge in [-0.15, -0.1) is 0 Å². The van der Waals surface area contributed by atoms with Crippen molar-refractivity contribution in [1.82, 2.24) is 9.97 Å². The highest BCUT2D eigenvalue weighted by atomic mass is 16.5. The Balaban J connectivity index is 1.90. The molecule has 0 radical (unpaired) electrons. The van der Waals surface area contributed by atoms with Gasteiger partial charge in [-0.2, -0.15) is 0 Å². The lowest BCUT2D eigenvalue weighted by molar-refractivity contribution is -0.140. The summed E-state index contributed by atoms with van der Waals surface area (Å²) >= 11 is 0. The third-order valence-electron chi connectivity index (χ3n) is 4.10. The Hall–Kier alpha value is -2.62. The SMILES string of the molecule is CCc1c[nH]c2ncc(-c3cccc(CCC(=O)OC)c3)cc12. The Morgan fingerprint density at radius 1 is 1.26 bits per heavy atom. The number of carbonyl (C=O) groups is 1. The fourth-order valence-electron chi connectivity index (χ4n) is 2.76. The molecule has 2 aromatic heterocycles. The Bertz CT molecular complexity index is 836. The lowest BCUT2D eigenvalue weighted by atomic mass is 10.0. The molecule has 23 heavy (non-hydrogen) atoms. The van der Waals surface area contributed by atoms with Gasteiger partial charge < -0.3 is 9.72 Å². The summed E-state index contributed by atoms with van der Waals surface area (Å²) in [5.74, 6) is -0.182. The van der Waals surface area contributed by atoms with E-state index in [1.807, 2.05) is 24.5 Å². The zero-order valence-electron chi connectivity index (χ0n) is 13.4. The average molecular weight is 308 g/mol. The van der Waals surface area contributed by atoms with Crippen LogP contribution in [-0.2, 0) is 22.4 Å². The number of rotatable bonds is 5. The zero-order valence-corrected chi connectivity index (χ0v) is 13.4. The van der Waals surface area contributed by atoms with Crippen LogP contribution in [0.1, 0.15) is 24.5 Å². The van der Waals surface area contributed by atoms with Crippen LogP contribution in [0.15, 0.2) is 42.7 Å². The van der Waals surface area contributed by atoms with Gasteiger partial charge in [0.25, 0.3) is 0 Å². The predicted octanol–water partition coefficient (Wildman–Crippen LogP) is 3.90. The second-order valence-electron chi connectivity index (χ2n) is 5.56. The summed E-state index contributed by atoms with van der Waals surface area (Å²) < 4.78 is 4.70. The molecule has 0 saturated heterocycles. The van der Waals surface area contributed by atoms with Crippen molar-refractivity contribution in [3.8, 4) is 11.1 Å². The van der Waals surface area contributed by atoms with Gasteiger partial charge in [0.15, 0.2) is 0 Å². The summed E-state index contributed by atoms with van der Waals surface area (Å²) in [6.07, 6.45) is 5.96. The van der Waals surface area contributed by atoms with Crippen molar-refractivity contribution in [2.45, 2.75) is 26.2 Å². The molecule has 2 heterocycles. The lowest BCUT2D eigenvalue weighted by Crippen LogP contribution is -2.01. The number of ether oxygens (including phenoxy) is 1. The van der Waals surface area contributed by atoms with Crippen molar-refractivity contribution in [2.75, 3.05) is 7.11 Å². The lowest BCUT2D eigenvalue weighted by Gasteiger charge is -2.06. The standard InChI is InChI=1S/C19H20N2O2/c1-3-14-11-20-19-17(14)10-16(12-21-19)15-6-4-5-13(9-15)7-8-18(22)23-2/h4-6,9-12H,3,7-8H2,1-2H3,(H,20,21). The number of aromatic amines is 1. The molecule has 0 aliphatic heterocycles. The first kappa shape index (κ1) is 15.3. The van der Waals surface area contributed by atoms with Gasteiger partial charge >= 0.3 is 5.97 Å². The van der Waals surface area contributed by atoms with E-state index in [9.17, 15) is 4.79 Å². The highest BCUT2D eigenvalue weighted by Gasteiger charge is 2.07. The second kappa shape index (κ2) is 6.65. The van der Waals surface area contributed by atoms with E-state index < -0.39 is 0 Å². The number of pyridine rings is 1. The summed E-state index contributed by atoms with van der Waals surface area (Å²) in [6, 6.07) is 10.4. The summed E-state index contributed by atoms with van der Waals surface area (Å²) in [5.41, 5.74) is 5.53. The summed E-state index contributed by atoms with van der Waals surface area (Å²) in [5, 5.41) is 1.17. The van der Waals surface area contributed by atoms with Gasteiger partial charge in [0.05, 0.1) is 7.11 Å². The van der Waals surface area contributed by atoms with Gasteiger partial charge in [0, 0.05) is 29.8 Å². The van der Waals surface area contributed by atoms with Crippen LogP contribution < -0.4 is 0 Å². The van der Waals surface area contributed by atoms with Crippen molar-refractivity contribution in [3.63, 3.8) is 0 Å². The molecule has 0 unspecified atom stereocenters. The van der Waals surface area contributed by atoms with Crippen LogP contribution in [-0.4, -0.2) is 23.0 Å². The molecule has 0 amide bonds. The van der Waals surface area contributed by atoms with Crippen LogP contribution in [0.3, 0.4) is 0 Å². The number of benzene rings is 1. The van der Waals surface area contributed by atoms with E-state index >= 15 is 0 Å². The predicted molar refractivity (Wildman–Crippen MR) is 91.2 cm³/mol. The Morgan fingerprint density at radius 2 is 2.13 bits per heavy atom. The number of aromatic nitrogens is 2. The van der Waals surface area contributed by atoms with E-state index in [0.29, 0.717) is 12.8 Å². The van der Waals surface area contributed by atoms with Gasteiger partial charge in [-0.1, -0.05) is 31.2 Å². The van der Waals surface area contributed by atoms with Gasteiger partial charge in [0.2, 0.25) is 0 Å². The number of nitrogens with one attached hydrogen (secondary N) is 1. The van der Waals surface area contributed by atoms with E-state index in [1.165, 1.54) is 18.1 Å². The number of hydrogen-bond acceptors (Lipinski definition) is 3. The quantitative estimate of drug-likeness (QED) is 0.727. The maximum absolute atomic E-state index is 11.3. The van der Waals surface area contributed by atoms with Crippen LogP contribution in [0.25, 0.3) is 22.2 Å². The van der Waals surface area contributed by atoms with Crippen molar-refractivity contribution >= 4 is 17.0 Å². The molecule has 3 aromatic rings. The van der Waals surface area contributed by atoms with E-state index in [2.05, 4.69) is 35.1 Å². The van der Waals surface area contributed by atoms with Gasteiger partial charge in [-0.05, 0) is 35.6 Å². The second-order valence-corrected chi connectivity index (χ2v) is 5.56. The molecule has 0 saturated carbocycles. The van der Waals surface area contributed by atoms with Crippen molar-refractivity contribution in [2.24, 2.45) is 0 Å². The third kappa shape index (κ3) is 3.26. The normalized spacial score (nSPS) is 10.9. The monoisotopic (exact) mass is 308 g/mol. The number of H-pyrrole nitrogens is 1. The number of carbonyl (C=O) groups excluding carboxylic acids is 1. The molecule has 0 atom stereocenters.